The molecule has 2 unspecified atom stereocenters. The molecule has 0 aliphatic carbocycles. The largest absolute Gasteiger partial charge is 0.418 e. The molecular weight excluding hydrogens is 500 g/mol. The predicted molar refractivity (Wildman–Crippen MR) is 139 cm³/mol. The quantitative estimate of drug-likeness (QED) is 0.227. The van der Waals surface area contributed by atoms with Crippen LogP contribution in [0.3, 0.4) is 0 Å². The molecule has 0 amide bonds. The van der Waals surface area contributed by atoms with Crippen molar-refractivity contribution >= 4 is 23.0 Å². The van der Waals surface area contributed by atoms with Gasteiger partial charge in [0, 0.05) is 23.3 Å². The van der Waals surface area contributed by atoms with Gasteiger partial charge in [-0.15, -0.1) is 0 Å². The maximum atomic E-state index is 14.1. The van der Waals surface area contributed by atoms with Crippen LogP contribution in [-0.2, 0) is 6.18 Å². The number of alkyl halides is 3. The predicted octanol–water partition coefficient (Wildman–Crippen LogP) is 7.13. The van der Waals surface area contributed by atoms with Crippen LogP contribution in [0.15, 0.2) is 72.9 Å². The molecule has 1 fully saturated rings. The maximum absolute atomic E-state index is 14.1. The third-order valence-electron chi connectivity index (χ3n) is 6.76. The van der Waals surface area contributed by atoms with Gasteiger partial charge in [-0.05, 0) is 92.6 Å². The topological polar surface area (TPSA) is 33.1 Å². The van der Waals surface area contributed by atoms with Crippen molar-refractivity contribution in [2.45, 2.75) is 39.0 Å². The lowest BCUT2D eigenvalue weighted by Crippen LogP contribution is -2.29. The van der Waals surface area contributed by atoms with Gasteiger partial charge in [0.25, 0.3) is 0 Å². The molecule has 190 valence electrons. The number of hydrogen-bond acceptors (Lipinski definition) is 2. The minimum absolute atomic E-state index is 0.0587. The second-order valence-electron chi connectivity index (χ2n) is 9.11. The summed E-state index contributed by atoms with van der Waals surface area (Å²) in [5.41, 5.74) is 3.31. The summed E-state index contributed by atoms with van der Waals surface area (Å²) in [6.07, 6.45) is -2.82. The van der Waals surface area contributed by atoms with Crippen molar-refractivity contribution in [1.29, 1.82) is 0 Å². The number of benzene rings is 2. The highest BCUT2D eigenvalue weighted by atomic mass is 32.1. The smallest absolute Gasteiger partial charge is 0.351 e. The van der Waals surface area contributed by atoms with Crippen molar-refractivity contribution in [2.75, 3.05) is 4.90 Å². The number of para-hydroxylation sites is 1. The molecule has 4 aromatic rings. The van der Waals surface area contributed by atoms with Crippen LogP contribution in [0.25, 0.3) is 5.69 Å². The first-order valence-electron chi connectivity index (χ1n) is 11.7. The molecule has 2 aromatic carbocycles. The third-order valence-corrected chi connectivity index (χ3v) is 7.07. The molecule has 2 aromatic heterocycles. The Kier molecular flexibility index (Phi) is 6.27. The van der Waals surface area contributed by atoms with Gasteiger partial charge in [0.1, 0.15) is 5.82 Å². The molecule has 4 nitrogen and oxygen atoms in total. The average Bonchev–Trinajstić information content (AvgIpc) is 3.36. The van der Waals surface area contributed by atoms with Crippen LogP contribution >= 0.6 is 12.2 Å². The third kappa shape index (κ3) is 4.37. The standard InChI is InChI=1S/C28H24F4N4S/c1-16-14-19(11-12-22(16)29)36-26(25(34-27(36)37)23-9-6-7-13-33-23)20-15-17(2)35(18(20)3)24-10-5-4-8-21(24)28(30,31)32/h4-15,25-26H,1-3H3,(H,34,37). The molecule has 2 atom stereocenters. The molecule has 5 rings (SSSR count). The monoisotopic (exact) mass is 524 g/mol. The van der Waals surface area contributed by atoms with Gasteiger partial charge < -0.3 is 14.8 Å². The Balaban J connectivity index is 1.71. The summed E-state index contributed by atoms with van der Waals surface area (Å²) in [5, 5.41) is 3.77. The van der Waals surface area contributed by atoms with Gasteiger partial charge in [-0.2, -0.15) is 13.2 Å². The van der Waals surface area contributed by atoms with Gasteiger partial charge in [-0.25, -0.2) is 4.39 Å². The fourth-order valence-electron chi connectivity index (χ4n) is 5.09. The Hall–Kier alpha value is -3.72. The summed E-state index contributed by atoms with van der Waals surface area (Å²) < 4.78 is 57.5. The maximum Gasteiger partial charge on any atom is 0.418 e. The molecule has 0 bridgehead atoms. The number of halogens is 4. The van der Waals surface area contributed by atoms with E-state index in [1.54, 1.807) is 49.7 Å². The van der Waals surface area contributed by atoms with E-state index in [1.165, 1.54) is 18.2 Å². The molecule has 9 heteroatoms. The first-order chi connectivity index (χ1) is 17.6. The van der Waals surface area contributed by atoms with Crippen molar-refractivity contribution in [3.05, 3.63) is 113 Å². The van der Waals surface area contributed by atoms with Gasteiger partial charge >= 0.3 is 6.18 Å². The number of nitrogens with one attached hydrogen (secondary N) is 1. The molecule has 1 saturated heterocycles. The molecule has 0 saturated carbocycles. The number of hydrogen-bond donors (Lipinski definition) is 1. The van der Waals surface area contributed by atoms with Gasteiger partial charge in [0.15, 0.2) is 5.11 Å². The second-order valence-corrected chi connectivity index (χ2v) is 9.49. The van der Waals surface area contributed by atoms with E-state index in [0.29, 0.717) is 27.8 Å². The Morgan fingerprint density at radius 1 is 0.946 bits per heavy atom. The zero-order chi connectivity index (χ0) is 26.5. The van der Waals surface area contributed by atoms with E-state index < -0.39 is 17.8 Å². The van der Waals surface area contributed by atoms with Crippen LogP contribution in [0.5, 0.6) is 0 Å². The van der Waals surface area contributed by atoms with Crippen LogP contribution in [0.2, 0.25) is 0 Å². The highest BCUT2D eigenvalue weighted by molar-refractivity contribution is 7.80. The first kappa shape index (κ1) is 25.0. The number of aromatic nitrogens is 2. The molecule has 0 radical (unpaired) electrons. The lowest BCUT2D eigenvalue weighted by Gasteiger charge is -2.28. The SMILES string of the molecule is Cc1cc(N2C(=S)NC(c3ccccn3)C2c2cc(C)n(-c3ccccc3C(F)(F)F)c2C)ccc1F. The zero-order valence-electron chi connectivity index (χ0n) is 20.3. The molecular formula is C28H24F4N4S. The fraction of sp³-hybridized carbons (Fsp3) is 0.214. The van der Waals surface area contributed by atoms with Crippen molar-refractivity contribution < 1.29 is 17.6 Å². The number of nitrogens with zero attached hydrogens (tertiary/aromatic N) is 3. The number of rotatable bonds is 4. The Labute approximate surface area is 217 Å². The van der Waals surface area contributed by atoms with Crippen LogP contribution in [0.4, 0.5) is 23.2 Å². The number of pyridine rings is 1. The van der Waals surface area contributed by atoms with E-state index >= 15 is 0 Å². The van der Waals surface area contributed by atoms with Gasteiger partial charge in [0.05, 0.1) is 29.0 Å². The Bertz CT molecular complexity index is 1480. The van der Waals surface area contributed by atoms with E-state index in [0.717, 1.165) is 17.3 Å². The average molecular weight is 525 g/mol. The number of anilines is 1. The minimum Gasteiger partial charge on any atom is -0.351 e. The summed E-state index contributed by atoms with van der Waals surface area (Å²) >= 11 is 5.74. The second kappa shape index (κ2) is 9.30. The number of aryl methyl sites for hydroxylation is 2. The fourth-order valence-corrected chi connectivity index (χ4v) is 5.44. The van der Waals surface area contributed by atoms with Gasteiger partial charge in [-0.1, -0.05) is 18.2 Å². The first-order valence-corrected chi connectivity index (χ1v) is 12.1. The molecule has 1 N–H and O–H groups in total. The van der Waals surface area contributed by atoms with E-state index in [4.69, 9.17) is 12.2 Å². The highest BCUT2D eigenvalue weighted by Crippen LogP contribution is 2.44. The molecule has 3 heterocycles. The van der Waals surface area contributed by atoms with Crippen molar-refractivity contribution in [1.82, 2.24) is 14.9 Å². The molecule has 37 heavy (non-hydrogen) atoms. The summed E-state index contributed by atoms with van der Waals surface area (Å²) in [6, 6.07) is 16.9. The van der Waals surface area contributed by atoms with E-state index in [-0.39, 0.29) is 17.5 Å². The van der Waals surface area contributed by atoms with Crippen molar-refractivity contribution in [3.63, 3.8) is 0 Å². The normalized spacial score (nSPS) is 17.8. The molecule has 0 spiro atoms. The van der Waals surface area contributed by atoms with Crippen LogP contribution in [0, 0.1) is 26.6 Å². The van der Waals surface area contributed by atoms with Crippen molar-refractivity contribution in [3.8, 4) is 5.69 Å². The Morgan fingerprint density at radius 2 is 1.68 bits per heavy atom. The summed E-state index contributed by atoms with van der Waals surface area (Å²) in [5.74, 6) is -0.332. The minimum atomic E-state index is -4.51. The van der Waals surface area contributed by atoms with Gasteiger partial charge in [0.2, 0.25) is 0 Å². The highest BCUT2D eigenvalue weighted by Gasteiger charge is 2.43. The lowest BCUT2D eigenvalue weighted by molar-refractivity contribution is -0.137. The number of thiocarbonyl (C=S) groups is 1. The Morgan fingerprint density at radius 3 is 2.35 bits per heavy atom. The van der Waals surface area contributed by atoms with E-state index in [2.05, 4.69) is 10.3 Å². The van der Waals surface area contributed by atoms with Crippen LogP contribution < -0.4 is 10.2 Å². The van der Waals surface area contributed by atoms with Crippen molar-refractivity contribution in [2.24, 2.45) is 0 Å². The van der Waals surface area contributed by atoms with Gasteiger partial charge in [-0.3, -0.25) is 4.98 Å². The molecule has 1 aliphatic heterocycles. The van der Waals surface area contributed by atoms with E-state index in [1.807, 2.05) is 29.2 Å². The summed E-state index contributed by atoms with van der Waals surface area (Å²) in [6.45, 7) is 5.27. The zero-order valence-corrected chi connectivity index (χ0v) is 21.2. The summed E-state index contributed by atoms with van der Waals surface area (Å²) in [4.78, 5) is 6.42. The lowest BCUT2D eigenvalue weighted by atomic mass is 9.96. The molecule has 1 aliphatic rings. The van der Waals surface area contributed by atoms with Crippen LogP contribution in [0.1, 0.15) is 45.9 Å². The summed E-state index contributed by atoms with van der Waals surface area (Å²) in [7, 11) is 0. The van der Waals surface area contributed by atoms with E-state index in [9.17, 15) is 17.6 Å². The van der Waals surface area contributed by atoms with Crippen LogP contribution in [-0.4, -0.2) is 14.7 Å².